The molecule has 8 heteroatoms. The normalized spacial score (nSPS) is 14.0. The number of carbonyl (C=O) groups excluding carboxylic acids is 1. The highest BCUT2D eigenvalue weighted by molar-refractivity contribution is 7.47. The number of quaternary nitrogens is 1. The Morgan fingerprint density at radius 1 is 0.810 bits per heavy atom. The average molecular weight is 613 g/mol. The van der Waals surface area contributed by atoms with Crippen molar-refractivity contribution in [3.8, 4) is 5.75 Å². The van der Waals surface area contributed by atoms with E-state index in [4.69, 9.17) is 13.8 Å². The fourth-order valence-electron chi connectivity index (χ4n) is 5.00. The van der Waals surface area contributed by atoms with Crippen LogP contribution >= 0.6 is 7.82 Å². The maximum absolute atomic E-state index is 12.4. The van der Waals surface area contributed by atoms with Crippen LogP contribution in [0.25, 0.3) is 0 Å². The summed E-state index contributed by atoms with van der Waals surface area (Å²) in [6.45, 7) is 8.86. The lowest BCUT2D eigenvalue weighted by atomic mass is 9.95. The Kier molecular flexibility index (Phi) is 21.4. The van der Waals surface area contributed by atoms with Crippen LogP contribution in [-0.4, -0.2) is 62.2 Å². The van der Waals surface area contributed by atoms with Crippen molar-refractivity contribution in [3.63, 3.8) is 0 Å². The fourth-order valence-corrected chi connectivity index (χ4v) is 5.84. The van der Waals surface area contributed by atoms with Gasteiger partial charge in [0.1, 0.15) is 11.5 Å². The Labute approximate surface area is 257 Å². The van der Waals surface area contributed by atoms with Crippen LogP contribution in [0.2, 0.25) is 0 Å². The first kappa shape index (κ1) is 38.8. The molecule has 0 aliphatic heterocycles. The first-order valence-corrected chi connectivity index (χ1v) is 18.2. The maximum atomic E-state index is 12.4. The van der Waals surface area contributed by atoms with Gasteiger partial charge in [0.15, 0.2) is 0 Å². The minimum Gasteiger partial charge on any atom is -0.494 e. The van der Waals surface area contributed by atoms with Gasteiger partial charge in [0.25, 0.3) is 0 Å². The standard InChI is InChI=1S/C34H62NO6P/c1-6-8-9-10-11-12-13-14-15-16-17-19-26-39-34-23-21-32(22-24-34)29-33(28-31(3)36)30-41-42(37,38)40-27-20-18-25-35(4,5)7-2/h21-24,33H,6-20,25-30H2,1-5H3/p+1. The van der Waals surface area contributed by atoms with E-state index in [2.05, 4.69) is 27.9 Å². The van der Waals surface area contributed by atoms with Crippen LogP contribution in [0.4, 0.5) is 0 Å². The van der Waals surface area contributed by atoms with E-state index < -0.39 is 7.82 Å². The second kappa shape index (κ2) is 23.2. The second-order valence-electron chi connectivity index (χ2n) is 12.6. The van der Waals surface area contributed by atoms with Crippen LogP contribution in [0.3, 0.4) is 0 Å². The van der Waals surface area contributed by atoms with E-state index in [0.717, 1.165) is 48.3 Å². The zero-order valence-corrected chi connectivity index (χ0v) is 28.5. The van der Waals surface area contributed by atoms with Crippen molar-refractivity contribution < 1.29 is 32.5 Å². The summed E-state index contributed by atoms with van der Waals surface area (Å²) < 4.78 is 29.7. The summed E-state index contributed by atoms with van der Waals surface area (Å²) in [5.41, 5.74) is 1.04. The van der Waals surface area contributed by atoms with Crippen LogP contribution in [0.5, 0.6) is 5.75 Å². The number of phosphoric ester groups is 1. The summed E-state index contributed by atoms with van der Waals surface area (Å²) >= 11 is 0. The molecule has 2 unspecified atom stereocenters. The van der Waals surface area contributed by atoms with Crippen molar-refractivity contribution in [2.24, 2.45) is 5.92 Å². The lowest BCUT2D eigenvalue weighted by molar-refractivity contribution is -0.888. The molecule has 0 saturated carbocycles. The highest BCUT2D eigenvalue weighted by atomic mass is 31.2. The molecular formula is C34H63NO6P+. The van der Waals surface area contributed by atoms with E-state index in [1.165, 1.54) is 77.6 Å². The van der Waals surface area contributed by atoms with Gasteiger partial charge < -0.3 is 18.9 Å². The Morgan fingerprint density at radius 3 is 1.90 bits per heavy atom. The number of unbranched alkanes of at least 4 members (excludes halogenated alkanes) is 12. The van der Waals surface area contributed by atoms with Gasteiger partial charge in [0.05, 0.1) is 47.0 Å². The molecule has 0 radical (unpaired) electrons. The third kappa shape index (κ3) is 21.4. The fraction of sp³-hybridized carbons (Fsp3) is 0.794. The Bertz CT molecular complexity index is 860. The summed E-state index contributed by atoms with van der Waals surface area (Å²) in [4.78, 5) is 22.0. The van der Waals surface area contributed by atoms with Crippen LogP contribution in [0.1, 0.15) is 123 Å². The van der Waals surface area contributed by atoms with Gasteiger partial charge in [-0.3, -0.25) is 9.05 Å². The highest BCUT2D eigenvalue weighted by Crippen LogP contribution is 2.44. The topological polar surface area (TPSA) is 82.1 Å². The number of hydrogen-bond donors (Lipinski definition) is 1. The average Bonchev–Trinajstić information content (AvgIpc) is 2.94. The van der Waals surface area contributed by atoms with Gasteiger partial charge in [0, 0.05) is 6.42 Å². The molecule has 0 amide bonds. The molecule has 42 heavy (non-hydrogen) atoms. The lowest BCUT2D eigenvalue weighted by Gasteiger charge is -2.28. The zero-order chi connectivity index (χ0) is 31.1. The predicted molar refractivity (Wildman–Crippen MR) is 174 cm³/mol. The van der Waals surface area contributed by atoms with E-state index in [9.17, 15) is 14.3 Å². The Morgan fingerprint density at radius 2 is 1.36 bits per heavy atom. The van der Waals surface area contributed by atoms with Gasteiger partial charge in [-0.05, 0) is 63.1 Å². The summed E-state index contributed by atoms with van der Waals surface area (Å²) in [7, 11) is 0.167. The second-order valence-corrected chi connectivity index (χ2v) is 14.1. The summed E-state index contributed by atoms with van der Waals surface area (Å²) in [6, 6.07) is 7.91. The zero-order valence-electron chi connectivity index (χ0n) is 27.6. The number of benzene rings is 1. The molecule has 0 aromatic heterocycles. The van der Waals surface area contributed by atoms with Crippen molar-refractivity contribution >= 4 is 13.6 Å². The number of ketones is 1. The molecule has 0 heterocycles. The first-order chi connectivity index (χ1) is 20.1. The lowest BCUT2D eigenvalue weighted by Crippen LogP contribution is -2.39. The van der Waals surface area contributed by atoms with Crippen molar-refractivity contribution in [1.29, 1.82) is 0 Å². The number of ether oxygens (including phenoxy) is 1. The predicted octanol–water partition coefficient (Wildman–Crippen LogP) is 8.91. The number of nitrogens with zero attached hydrogens (tertiary/aromatic N) is 1. The van der Waals surface area contributed by atoms with Gasteiger partial charge in [-0.15, -0.1) is 0 Å². The SMILES string of the molecule is CCCCCCCCCCCCCCOc1ccc(CC(COP(=O)(O)OCCCC[N+](C)(C)CC)CC(C)=O)cc1. The van der Waals surface area contributed by atoms with Gasteiger partial charge in [0.2, 0.25) is 0 Å². The molecule has 1 rings (SSSR count). The molecule has 0 bridgehead atoms. The molecule has 0 aliphatic carbocycles. The summed E-state index contributed by atoms with van der Waals surface area (Å²) in [5, 5.41) is 0. The molecule has 1 N–H and O–H groups in total. The monoisotopic (exact) mass is 612 g/mol. The van der Waals surface area contributed by atoms with Crippen molar-refractivity contribution in [3.05, 3.63) is 29.8 Å². The number of hydrogen-bond acceptors (Lipinski definition) is 5. The molecule has 244 valence electrons. The van der Waals surface area contributed by atoms with Crippen LogP contribution in [0, 0.1) is 5.92 Å². The van der Waals surface area contributed by atoms with Crippen molar-refractivity contribution in [2.45, 2.75) is 124 Å². The third-order valence-corrected chi connectivity index (χ3v) is 9.02. The van der Waals surface area contributed by atoms with E-state index in [1.807, 2.05) is 24.3 Å². The van der Waals surface area contributed by atoms with Gasteiger partial charge >= 0.3 is 7.82 Å². The molecular weight excluding hydrogens is 549 g/mol. The third-order valence-electron chi connectivity index (χ3n) is 8.03. The molecule has 1 aromatic carbocycles. The molecule has 0 aliphatic rings. The minimum absolute atomic E-state index is 0.00960. The Balaban J connectivity index is 2.28. The molecule has 1 aromatic rings. The van der Waals surface area contributed by atoms with Gasteiger partial charge in [-0.25, -0.2) is 4.57 Å². The number of phosphoric acid groups is 1. The molecule has 0 saturated heterocycles. The molecule has 2 atom stereocenters. The van der Waals surface area contributed by atoms with E-state index in [0.29, 0.717) is 12.8 Å². The maximum Gasteiger partial charge on any atom is 0.472 e. The molecule has 0 spiro atoms. The van der Waals surface area contributed by atoms with Crippen LogP contribution in [-0.2, 0) is 24.8 Å². The van der Waals surface area contributed by atoms with Crippen LogP contribution in [0.15, 0.2) is 24.3 Å². The van der Waals surface area contributed by atoms with E-state index in [1.54, 1.807) is 0 Å². The number of Topliss-reactive ketones (excluding diaryl/α,β-unsaturated/α-hetero) is 1. The smallest absolute Gasteiger partial charge is 0.472 e. The van der Waals surface area contributed by atoms with E-state index >= 15 is 0 Å². The first-order valence-electron chi connectivity index (χ1n) is 16.7. The van der Waals surface area contributed by atoms with Crippen molar-refractivity contribution in [2.75, 3.05) is 47.0 Å². The van der Waals surface area contributed by atoms with Gasteiger partial charge in [-0.2, -0.15) is 0 Å². The quantitative estimate of drug-likeness (QED) is 0.0578. The summed E-state index contributed by atoms with van der Waals surface area (Å²) in [5.74, 6) is 0.661. The van der Waals surface area contributed by atoms with E-state index in [-0.39, 0.29) is 31.3 Å². The largest absolute Gasteiger partial charge is 0.494 e. The molecule has 0 fully saturated rings. The number of rotatable bonds is 28. The van der Waals surface area contributed by atoms with Gasteiger partial charge in [-0.1, -0.05) is 89.7 Å². The minimum atomic E-state index is -4.16. The van der Waals surface area contributed by atoms with Crippen LogP contribution < -0.4 is 4.74 Å². The highest BCUT2D eigenvalue weighted by Gasteiger charge is 2.24. The van der Waals surface area contributed by atoms with Crippen molar-refractivity contribution in [1.82, 2.24) is 0 Å². The summed E-state index contributed by atoms with van der Waals surface area (Å²) in [6.07, 6.45) is 18.3. The molecule has 7 nitrogen and oxygen atoms in total. The Hall–Kier alpha value is -1.24. The number of carbonyl (C=O) groups is 1.